The zero-order valence-corrected chi connectivity index (χ0v) is 29.9. The van der Waals surface area contributed by atoms with Crippen LogP contribution in [-0.2, 0) is 14.8 Å². The van der Waals surface area contributed by atoms with Gasteiger partial charge in [0.05, 0.1) is 23.7 Å². The molecule has 3 aromatic rings. The summed E-state index contributed by atoms with van der Waals surface area (Å²) in [7, 11) is -2.82. The van der Waals surface area contributed by atoms with Gasteiger partial charge in [0.15, 0.2) is 0 Å². The van der Waals surface area contributed by atoms with E-state index in [1.54, 1.807) is 12.1 Å². The monoisotopic (exact) mass is 677 g/mol. The van der Waals surface area contributed by atoms with Crippen molar-refractivity contribution >= 4 is 28.0 Å². The number of fused-ring (bicyclic) bond motifs is 4. The highest BCUT2D eigenvalue weighted by atomic mass is 32.2. The van der Waals surface area contributed by atoms with Gasteiger partial charge in [-0.15, -0.1) is 0 Å². The number of alkyl carbamates (subject to hydrolysis) is 1. The molecule has 11 nitrogen and oxygen atoms in total. The van der Waals surface area contributed by atoms with Gasteiger partial charge in [0.25, 0.3) is 15.9 Å². The molecular formula is C36H47N5O6S. The van der Waals surface area contributed by atoms with E-state index >= 15 is 0 Å². The van der Waals surface area contributed by atoms with Crippen molar-refractivity contribution in [1.29, 1.82) is 0 Å². The first-order chi connectivity index (χ1) is 22.6. The van der Waals surface area contributed by atoms with E-state index in [2.05, 4.69) is 35.8 Å². The van der Waals surface area contributed by atoms with Gasteiger partial charge < -0.3 is 19.7 Å². The lowest BCUT2D eigenvalue weighted by atomic mass is 9.63. The molecule has 2 N–H and O–H groups in total. The van der Waals surface area contributed by atoms with Crippen molar-refractivity contribution in [2.45, 2.75) is 97.2 Å². The number of carbonyl (C=O) groups is 2. The molecule has 1 aliphatic carbocycles. The molecular weight excluding hydrogens is 630 g/mol. The van der Waals surface area contributed by atoms with Gasteiger partial charge in [-0.3, -0.25) is 4.79 Å². The van der Waals surface area contributed by atoms with Crippen molar-refractivity contribution in [2.24, 2.45) is 11.3 Å². The fourth-order valence-corrected chi connectivity index (χ4v) is 8.37. The molecule has 4 bridgehead atoms. The summed E-state index contributed by atoms with van der Waals surface area (Å²) >= 11 is 0. The molecule has 1 unspecified atom stereocenters. The third-order valence-electron chi connectivity index (χ3n) is 9.47. The molecule has 2 amide bonds. The molecule has 12 heteroatoms. The average molecular weight is 678 g/mol. The summed E-state index contributed by atoms with van der Waals surface area (Å²) in [4.78, 5) is 37.4. The van der Waals surface area contributed by atoms with Crippen LogP contribution in [0.4, 0.5) is 10.7 Å². The molecule has 0 saturated heterocycles. The standard InChI is InChI=1S/C36H47N5O6S/c1-21(2)15-28-20-47-32-25(6)31(30-22(3)11-9-12-23(30)4)38-34(39-32)40-48(44,45)29-14-10-13-26(16-29)33(42)41(28)24(5)17-36(7)18-27(19-36)37-35(43)46-8/h9-14,16,21,24,27-28H,15,17-20H2,1-8H3,(H,37,43)(H,38,39,40)/t24?,27?,28-,36?/m1/s1. The predicted octanol–water partition coefficient (Wildman–Crippen LogP) is 6.42. The molecule has 2 aromatic carbocycles. The van der Waals surface area contributed by atoms with E-state index in [0.29, 0.717) is 24.1 Å². The van der Waals surface area contributed by atoms with Crippen molar-refractivity contribution in [3.8, 4) is 17.1 Å². The minimum absolute atomic E-state index is 0.00520. The number of hydrogen-bond acceptors (Lipinski definition) is 8. The van der Waals surface area contributed by atoms with Gasteiger partial charge in [0, 0.05) is 28.8 Å². The molecule has 1 aromatic heterocycles. The summed E-state index contributed by atoms with van der Waals surface area (Å²) in [6.07, 6.45) is 2.38. The molecule has 1 saturated carbocycles. The smallest absolute Gasteiger partial charge is 0.407 e. The number of nitrogens with one attached hydrogen (secondary N) is 2. The van der Waals surface area contributed by atoms with Crippen LogP contribution in [0.25, 0.3) is 11.3 Å². The Labute approximate surface area is 283 Å². The number of amides is 2. The summed E-state index contributed by atoms with van der Waals surface area (Å²) in [5.41, 5.74) is 4.24. The zero-order chi connectivity index (χ0) is 35.0. The van der Waals surface area contributed by atoms with Crippen molar-refractivity contribution in [2.75, 3.05) is 18.4 Å². The van der Waals surface area contributed by atoms with Crippen LogP contribution < -0.4 is 14.8 Å². The van der Waals surface area contributed by atoms with Crippen LogP contribution in [0.2, 0.25) is 0 Å². The van der Waals surface area contributed by atoms with E-state index in [9.17, 15) is 18.0 Å². The molecule has 258 valence electrons. The highest BCUT2D eigenvalue weighted by molar-refractivity contribution is 7.92. The van der Waals surface area contributed by atoms with E-state index in [-0.39, 0.29) is 64.3 Å². The lowest BCUT2D eigenvalue weighted by molar-refractivity contribution is 0.0198. The number of methoxy groups -OCH3 is 1. The highest BCUT2D eigenvalue weighted by Crippen LogP contribution is 2.46. The first kappa shape index (κ1) is 35.1. The Morgan fingerprint density at radius 3 is 2.42 bits per heavy atom. The molecule has 0 radical (unpaired) electrons. The topological polar surface area (TPSA) is 140 Å². The number of hydrogen-bond donors (Lipinski definition) is 2. The number of carbonyl (C=O) groups excluding carboxylic acids is 2. The fourth-order valence-electron chi connectivity index (χ4n) is 7.38. The maximum atomic E-state index is 14.5. The molecule has 2 atom stereocenters. The minimum atomic E-state index is -4.17. The number of aryl methyl sites for hydroxylation is 2. The number of ether oxygens (including phenoxy) is 2. The Morgan fingerprint density at radius 2 is 1.77 bits per heavy atom. The largest absolute Gasteiger partial charge is 0.475 e. The van der Waals surface area contributed by atoms with E-state index in [4.69, 9.17) is 14.5 Å². The Bertz CT molecular complexity index is 1780. The lowest BCUT2D eigenvalue weighted by Crippen LogP contribution is -2.54. The predicted molar refractivity (Wildman–Crippen MR) is 185 cm³/mol. The number of rotatable bonds is 7. The SMILES string of the molecule is COC(=O)NC1CC(C)(CC(C)N2C(=O)c3cccc(c3)S(=O)(=O)Nc3nc(c(C)c(-c4c(C)cccc4C)n3)OC[C@H]2CC(C)C)C1. The summed E-state index contributed by atoms with van der Waals surface area (Å²) in [5, 5.41) is 2.88. The quantitative estimate of drug-likeness (QED) is 0.292. The highest BCUT2D eigenvalue weighted by Gasteiger charge is 2.44. The molecule has 2 aliphatic rings. The minimum Gasteiger partial charge on any atom is -0.475 e. The Kier molecular flexibility index (Phi) is 10.1. The van der Waals surface area contributed by atoms with Gasteiger partial charge in [0.1, 0.15) is 6.61 Å². The Hall–Kier alpha value is -4.19. The first-order valence-electron chi connectivity index (χ1n) is 16.5. The van der Waals surface area contributed by atoms with Crippen molar-refractivity contribution in [3.05, 3.63) is 64.7 Å². The second-order valence-electron chi connectivity index (χ2n) is 14.1. The molecule has 2 heterocycles. The third kappa shape index (κ3) is 7.43. The summed E-state index contributed by atoms with van der Waals surface area (Å²) < 4.78 is 41.3. The van der Waals surface area contributed by atoms with E-state index in [1.165, 1.54) is 19.2 Å². The molecule has 1 fully saturated rings. The summed E-state index contributed by atoms with van der Waals surface area (Å²) in [6.45, 7) is 14.4. The van der Waals surface area contributed by atoms with E-state index in [0.717, 1.165) is 29.5 Å². The van der Waals surface area contributed by atoms with Gasteiger partial charge in [-0.05, 0) is 94.0 Å². The summed E-state index contributed by atoms with van der Waals surface area (Å²) in [5.74, 6) is 0.0990. The molecule has 0 spiro atoms. The van der Waals surface area contributed by atoms with Gasteiger partial charge >= 0.3 is 6.09 Å². The lowest BCUT2D eigenvalue weighted by Gasteiger charge is -2.49. The van der Waals surface area contributed by atoms with Crippen LogP contribution in [0.5, 0.6) is 5.88 Å². The van der Waals surface area contributed by atoms with Crippen molar-refractivity contribution in [3.63, 3.8) is 0 Å². The van der Waals surface area contributed by atoms with Gasteiger partial charge in [-0.2, -0.15) is 4.98 Å². The maximum absolute atomic E-state index is 14.5. The van der Waals surface area contributed by atoms with Crippen LogP contribution in [-0.4, -0.2) is 67.1 Å². The van der Waals surface area contributed by atoms with Crippen LogP contribution in [0.1, 0.15) is 80.4 Å². The van der Waals surface area contributed by atoms with Gasteiger partial charge in [0.2, 0.25) is 11.8 Å². The second kappa shape index (κ2) is 13.7. The second-order valence-corrected chi connectivity index (χ2v) is 15.8. The third-order valence-corrected chi connectivity index (χ3v) is 10.8. The zero-order valence-electron chi connectivity index (χ0n) is 29.1. The summed E-state index contributed by atoms with van der Waals surface area (Å²) in [6, 6.07) is 11.5. The van der Waals surface area contributed by atoms with Crippen LogP contribution in [0.3, 0.4) is 0 Å². The van der Waals surface area contributed by atoms with Crippen molar-refractivity contribution in [1.82, 2.24) is 20.2 Å². The van der Waals surface area contributed by atoms with Crippen molar-refractivity contribution < 1.29 is 27.5 Å². The van der Waals surface area contributed by atoms with E-state index < -0.39 is 16.1 Å². The maximum Gasteiger partial charge on any atom is 0.407 e. The van der Waals surface area contributed by atoms with Gasteiger partial charge in [-0.25, -0.2) is 22.9 Å². The fraction of sp³-hybridized carbons (Fsp3) is 0.500. The van der Waals surface area contributed by atoms with Crippen LogP contribution in [0.15, 0.2) is 47.4 Å². The van der Waals surface area contributed by atoms with Crippen LogP contribution in [0, 0.1) is 32.1 Å². The Morgan fingerprint density at radius 1 is 1.10 bits per heavy atom. The molecule has 5 rings (SSSR count). The number of sulfonamides is 1. The number of benzene rings is 2. The Balaban J connectivity index is 1.59. The molecule has 48 heavy (non-hydrogen) atoms. The van der Waals surface area contributed by atoms with Crippen LogP contribution >= 0.6 is 0 Å². The average Bonchev–Trinajstić information content (AvgIpc) is 3.00. The molecule has 1 aliphatic heterocycles. The van der Waals surface area contributed by atoms with Gasteiger partial charge in [-0.1, -0.05) is 45.0 Å². The number of nitrogens with zero attached hydrogens (tertiary/aromatic N) is 3. The number of anilines is 1. The number of aromatic nitrogens is 2. The van der Waals surface area contributed by atoms with E-state index in [1.807, 2.05) is 50.8 Å². The first-order valence-corrected chi connectivity index (χ1v) is 18.0. The normalized spacial score (nSPS) is 22.6.